The molecule has 5 rings (SSSR count). The quantitative estimate of drug-likeness (QED) is 0.365. The predicted molar refractivity (Wildman–Crippen MR) is 113 cm³/mol. The van der Waals surface area contributed by atoms with Crippen LogP contribution in [-0.2, 0) is 16.0 Å². The zero-order valence-electron chi connectivity index (χ0n) is 16.9. The molecule has 1 fully saturated rings. The number of hydrogen-bond donors (Lipinski definition) is 0. The fourth-order valence-corrected chi connectivity index (χ4v) is 4.41. The number of carbonyl (C=O) groups is 3. The molecule has 2 aliphatic rings. The summed E-state index contributed by atoms with van der Waals surface area (Å²) in [6, 6.07) is 16.3. The van der Waals surface area contributed by atoms with E-state index in [0.717, 1.165) is 17.5 Å². The minimum Gasteiger partial charge on any atom is -0.459 e. The van der Waals surface area contributed by atoms with Crippen molar-refractivity contribution in [3.8, 4) is 11.1 Å². The second-order valence-electron chi connectivity index (χ2n) is 7.87. The second kappa shape index (κ2) is 7.87. The molecule has 0 unspecified atom stereocenters. The van der Waals surface area contributed by atoms with Gasteiger partial charge in [0.2, 0.25) is 0 Å². The van der Waals surface area contributed by atoms with Gasteiger partial charge in [-0.05, 0) is 59.7 Å². The number of carbonyl (C=O) groups excluding carboxylic acids is 3. The average Bonchev–Trinajstić information content (AvgIpc) is 3.55. The zero-order chi connectivity index (χ0) is 21.4. The minimum absolute atomic E-state index is 0.189. The summed E-state index contributed by atoms with van der Waals surface area (Å²) in [5.41, 5.74) is 5.14. The Bertz CT molecular complexity index is 1160. The van der Waals surface area contributed by atoms with Gasteiger partial charge in [0, 0.05) is 12.1 Å². The Hall–Kier alpha value is -3.67. The van der Waals surface area contributed by atoms with Crippen LogP contribution in [0.4, 0.5) is 0 Å². The molecule has 0 bridgehead atoms. The summed E-state index contributed by atoms with van der Waals surface area (Å²) in [7, 11) is 0. The van der Waals surface area contributed by atoms with Gasteiger partial charge in [-0.3, -0.25) is 9.59 Å². The highest BCUT2D eigenvalue weighted by Gasteiger charge is 2.37. The number of benzene rings is 2. The molecule has 1 aliphatic carbocycles. The molecule has 3 aromatic rings. The van der Waals surface area contributed by atoms with Crippen molar-refractivity contribution in [2.75, 3.05) is 13.2 Å². The lowest BCUT2D eigenvalue weighted by molar-refractivity contribution is -0.147. The van der Waals surface area contributed by atoms with E-state index in [-0.39, 0.29) is 24.1 Å². The summed E-state index contributed by atoms with van der Waals surface area (Å²) >= 11 is 0. The van der Waals surface area contributed by atoms with Crippen LogP contribution >= 0.6 is 0 Å². The first-order valence-corrected chi connectivity index (χ1v) is 10.4. The molecule has 6 heteroatoms. The third-order valence-corrected chi connectivity index (χ3v) is 5.98. The molecule has 1 amide bonds. The number of amides is 1. The van der Waals surface area contributed by atoms with E-state index in [1.165, 1.54) is 22.3 Å². The van der Waals surface area contributed by atoms with Crippen molar-refractivity contribution < 1.29 is 23.5 Å². The van der Waals surface area contributed by atoms with Crippen molar-refractivity contribution >= 4 is 17.7 Å². The van der Waals surface area contributed by atoms with E-state index in [1.807, 2.05) is 24.3 Å². The molecule has 1 aliphatic heterocycles. The first-order chi connectivity index (χ1) is 15.1. The first-order valence-electron chi connectivity index (χ1n) is 10.4. The van der Waals surface area contributed by atoms with Gasteiger partial charge in [0.25, 0.3) is 5.91 Å². The lowest BCUT2D eigenvalue weighted by atomic mass is 10.0. The average molecular weight is 415 g/mol. The molecular weight excluding hydrogens is 394 g/mol. The highest BCUT2D eigenvalue weighted by molar-refractivity contribution is 6.00. The largest absolute Gasteiger partial charge is 0.459 e. The fraction of sp³-hybridized carbons (Fsp3) is 0.240. The molecule has 0 radical (unpaired) electrons. The van der Waals surface area contributed by atoms with Crippen molar-refractivity contribution in [3.05, 3.63) is 83.3 Å². The highest BCUT2D eigenvalue weighted by Crippen LogP contribution is 2.36. The smallest absolute Gasteiger partial charge is 0.329 e. The van der Waals surface area contributed by atoms with Crippen LogP contribution in [0.2, 0.25) is 0 Å². The Morgan fingerprint density at radius 3 is 2.68 bits per heavy atom. The Labute approximate surface area is 179 Å². The molecule has 156 valence electrons. The lowest BCUT2D eigenvalue weighted by Gasteiger charge is -2.22. The van der Waals surface area contributed by atoms with Gasteiger partial charge in [0.15, 0.2) is 18.2 Å². The van der Waals surface area contributed by atoms with Crippen molar-refractivity contribution in [3.63, 3.8) is 0 Å². The number of rotatable bonds is 5. The number of likely N-dealkylation sites (tertiary alicyclic amines) is 1. The summed E-state index contributed by atoms with van der Waals surface area (Å²) in [6.45, 7) is 0.107. The number of ether oxygens (including phenoxy) is 1. The van der Waals surface area contributed by atoms with Crippen LogP contribution in [0.1, 0.15) is 44.9 Å². The maximum Gasteiger partial charge on any atom is 0.329 e. The summed E-state index contributed by atoms with van der Waals surface area (Å²) in [4.78, 5) is 39.3. The number of fused-ring (bicyclic) bond motifs is 3. The van der Waals surface area contributed by atoms with Crippen LogP contribution in [-0.4, -0.2) is 41.8 Å². The molecule has 1 saturated heterocycles. The molecule has 1 atom stereocenters. The van der Waals surface area contributed by atoms with Crippen LogP contribution in [0.3, 0.4) is 0 Å². The Morgan fingerprint density at radius 2 is 1.84 bits per heavy atom. The summed E-state index contributed by atoms with van der Waals surface area (Å²) in [6.07, 6.45) is 3.49. The Kier molecular flexibility index (Phi) is 4.90. The van der Waals surface area contributed by atoms with Gasteiger partial charge in [-0.2, -0.15) is 0 Å². The van der Waals surface area contributed by atoms with Crippen LogP contribution < -0.4 is 0 Å². The van der Waals surface area contributed by atoms with Gasteiger partial charge < -0.3 is 14.1 Å². The molecule has 0 saturated carbocycles. The van der Waals surface area contributed by atoms with Gasteiger partial charge in [-0.15, -0.1) is 0 Å². The van der Waals surface area contributed by atoms with Gasteiger partial charge in [0.05, 0.1) is 6.26 Å². The van der Waals surface area contributed by atoms with E-state index >= 15 is 0 Å². The van der Waals surface area contributed by atoms with Crippen molar-refractivity contribution in [2.24, 2.45) is 0 Å². The molecule has 2 aromatic carbocycles. The molecule has 0 spiro atoms. The van der Waals surface area contributed by atoms with Crippen LogP contribution in [0.25, 0.3) is 11.1 Å². The predicted octanol–water partition coefficient (Wildman–Crippen LogP) is 3.88. The molecule has 1 aromatic heterocycles. The second-order valence-corrected chi connectivity index (χ2v) is 7.87. The van der Waals surface area contributed by atoms with E-state index in [4.69, 9.17) is 9.15 Å². The number of esters is 1. The number of furan rings is 1. The van der Waals surface area contributed by atoms with Crippen molar-refractivity contribution in [2.45, 2.75) is 25.3 Å². The fourth-order valence-electron chi connectivity index (χ4n) is 4.41. The third kappa shape index (κ3) is 3.54. The van der Waals surface area contributed by atoms with Crippen molar-refractivity contribution in [1.29, 1.82) is 0 Å². The number of nitrogens with zero attached hydrogens (tertiary/aromatic N) is 1. The Morgan fingerprint density at radius 1 is 1.00 bits per heavy atom. The van der Waals surface area contributed by atoms with Crippen LogP contribution in [0, 0.1) is 0 Å². The zero-order valence-corrected chi connectivity index (χ0v) is 16.9. The number of hydrogen-bond acceptors (Lipinski definition) is 5. The molecule has 0 N–H and O–H groups in total. The monoisotopic (exact) mass is 415 g/mol. The van der Waals surface area contributed by atoms with Crippen LogP contribution in [0.15, 0.2) is 65.3 Å². The van der Waals surface area contributed by atoms with Gasteiger partial charge in [-0.25, -0.2) is 4.79 Å². The maximum absolute atomic E-state index is 12.7. The van der Waals surface area contributed by atoms with Crippen molar-refractivity contribution in [1.82, 2.24) is 4.90 Å². The van der Waals surface area contributed by atoms with E-state index < -0.39 is 12.0 Å². The molecule has 31 heavy (non-hydrogen) atoms. The van der Waals surface area contributed by atoms with E-state index in [0.29, 0.717) is 24.9 Å². The SMILES string of the molecule is O=C(COC(=O)[C@@H]1CCCN1C(=O)c1ccco1)c1ccc2c(c1)-c1ccccc1C2. The standard InChI is InChI=1S/C25H21NO5/c27-22(18-10-9-17-13-16-5-1-2-6-19(16)20(17)14-18)15-31-25(29)21-7-3-11-26(21)24(28)23-8-4-12-30-23/h1-2,4-6,8-10,12,14,21H,3,7,11,13,15H2/t21-/m0/s1. The molecule has 2 heterocycles. The van der Waals surface area contributed by atoms with Gasteiger partial charge in [-0.1, -0.05) is 36.4 Å². The number of ketones is 1. The summed E-state index contributed by atoms with van der Waals surface area (Å²) in [5, 5.41) is 0. The molecule has 6 nitrogen and oxygen atoms in total. The lowest BCUT2D eigenvalue weighted by Crippen LogP contribution is -2.41. The molecular formula is C25H21NO5. The summed E-state index contributed by atoms with van der Waals surface area (Å²) < 4.78 is 10.5. The maximum atomic E-state index is 12.7. The number of Topliss-reactive ketones (excluding diaryl/α,β-unsaturated/α-hetero) is 1. The Balaban J connectivity index is 1.25. The van der Waals surface area contributed by atoms with E-state index in [9.17, 15) is 14.4 Å². The first kappa shape index (κ1) is 19.3. The normalized spacial score (nSPS) is 16.6. The van der Waals surface area contributed by atoms with E-state index in [2.05, 4.69) is 12.1 Å². The summed E-state index contributed by atoms with van der Waals surface area (Å²) in [5.74, 6) is -0.970. The van der Waals surface area contributed by atoms with Gasteiger partial charge in [0.1, 0.15) is 6.04 Å². The van der Waals surface area contributed by atoms with Gasteiger partial charge >= 0.3 is 5.97 Å². The minimum atomic E-state index is -0.697. The van der Waals surface area contributed by atoms with E-state index in [1.54, 1.807) is 18.2 Å². The topological polar surface area (TPSA) is 76.8 Å². The van der Waals surface area contributed by atoms with Crippen LogP contribution in [0.5, 0.6) is 0 Å². The third-order valence-electron chi connectivity index (χ3n) is 5.98. The highest BCUT2D eigenvalue weighted by atomic mass is 16.5.